The molecule has 1 fully saturated rings. The van der Waals surface area contributed by atoms with Crippen LogP contribution in [0.5, 0.6) is 23.0 Å². The van der Waals surface area contributed by atoms with Gasteiger partial charge in [-0.05, 0) is 92.4 Å². The molecule has 2 aliphatic rings. The van der Waals surface area contributed by atoms with E-state index in [1.165, 1.54) is 4.90 Å². The molecule has 200 valence electrons. The fraction of sp³-hybridized carbons (Fsp3) is 0.333. The van der Waals surface area contributed by atoms with E-state index in [9.17, 15) is 23.4 Å². The van der Waals surface area contributed by atoms with Gasteiger partial charge < -0.3 is 19.7 Å². The lowest BCUT2D eigenvalue weighted by molar-refractivity contribution is -0.192. The van der Waals surface area contributed by atoms with E-state index in [1.807, 2.05) is 19.9 Å². The zero-order valence-electron chi connectivity index (χ0n) is 21.2. The second kappa shape index (κ2) is 10.3. The highest BCUT2D eigenvalue weighted by Crippen LogP contribution is 2.47. The first kappa shape index (κ1) is 26.0. The molecule has 1 unspecified atom stereocenters. The van der Waals surface area contributed by atoms with Crippen molar-refractivity contribution in [2.75, 3.05) is 13.2 Å². The van der Waals surface area contributed by atoms with E-state index in [-0.39, 0.29) is 17.5 Å². The van der Waals surface area contributed by atoms with Gasteiger partial charge in [0.05, 0.1) is 0 Å². The highest BCUT2D eigenvalue weighted by atomic mass is 19.4. The van der Waals surface area contributed by atoms with E-state index >= 15 is 0 Å². The number of aromatic hydroxyl groups is 2. The van der Waals surface area contributed by atoms with E-state index in [2.05, 4.69) is 0 Å². The molecule has 0 radical (unpaired) electrons. The van der Waals surface area contributed by atoms with Gasteiger partial charge >= 0.3 is 6.18 Å². The lowest BCUT2D eigenvalue weighted by Crippen LogP contribution is -2.50. The van der Waals surface area contributed by atoms with Crippen molar-refractivity contribution in [3.8, 4) is 23.0 Å². The number of halogens is 3. The van der Waals surface area contributed by atoms with Crippen LogP contribution in [0.15, 0.2) is 66.7 Å². The molecule has 0 spiro atoms. The van der Waals surface area contributed by atoms with Crippen molar-refractivity contribution in [3.63, 3.8) is 0 Å². The fourth-order valence-electron chi connectivity index (χ4n) is 5.43. The molecular formula is C30H30F3NO4. The number of nitrogens with zero attached hydrogens (tertiary/aromatic N) is 1. The Morgan fingerprint density at radius 1 is 1.03 bits per heavy atom. The molecule has 0 amide bonds. The maximum absolute atomic E-state index is 13.8. The first-order chi connectivity index (χ1) is 18.1. The predicted octanol–water partition coefficient (Wildman–Crippen LogP) is 6.96. The van der Waals surface area contributed by atoms with Gasteiger partial charge in [0.1, 0.15) is 41.8 Å². The second-order valence-corrected chi connectivity index (χ2v) is 9.93. The number of phenolic OH excluding ortho intramolecular Hbond substituents is 2. The molecular weight excluding hydrogens is 495 g/mol. The van der Waals surface area contributed by atoms with Crippen LogP contribution < -0.4 is 9.47 Å². The smallest absolute Gasteiger partial charge is 0.407 e. The standard InChI is InChI=1S/C30H30F3NO4/c1-18-5-4-14-34(18)27(30(31,32)33)17-37-24-11-8-20(9-12-24)29-28(21-6-3-7-22(35)15-21)19(2)25-16-23(36)10-13-26(25)38-29/h3,6-13,15-16,18,27,29,35-36H,4-5,14,17H2,1-2H3/t18-,27-,29?/m1/s1. The number of rotatable bonds is 6. The van der Waals surface area contributed by atoms with Crippen molar-refractivity contribution in [1.82, 2.24) is 4.90 Å². The zero-order valence-corrected chi connectivity index (χ0v) is 21.2. The molecule has 0 aliphatic carbocycles. The average molecular weight is 526 g/mol. The first-order valence-corrected chi connectivity index (χ1v) is 12.7. The Bertz CT molecular complexity index is 1340. The SMILES string of the molecule is CC1=C(c2cccc(O)c2)C(c2ccc(OC[C@@H](N3CCC[C@H]3C)C(F)(F)F)cc2)Oc2ccc(O)cc21. The van der Waals surface area contributed by atoms with Crippen molar-refractivity contribution in [1.29, 1.82) is 0 Å². The number of fused-ring (bicyclic) bond motifs is 1. The van der Waals surface area contributed by atoms with Crippen LogP contribution in [0, 0.1) is 0 Å². The van der Waals surface area contributed by atoms with Gasteiger partial charge in [0.2, 0.25) is 0 Å². The van der Waals surface area contributed by atoms with Gasteiger partial charge in [-0.2, -0.15) is 13.2 Å². The van der Waals surface area contributed by atoms with Gasteiger partial charge in [-0.3, -0.25) is 4.90 Å². The van der Waals surface area contributed by atoms with Gasteiger partial charge in [0.25, 0.3) is 0 Å². The lowest BCUT2D eigenvalue weighted by Gasteiger charge is -2.33. The Kier molecular flexibility index (Phi) is 7.01. The van der Waals surface area contributed by atoms with Crippen molar-refractivity contribution in [3.05, 3.63) is 83.4 Å². The maximum Gasteiger partial charge on any atom is 0.407 e. The second-order valence-electron chi connectivity index (χ2n) is 9.93. The molecule has 5 nitrogen and oxygen atoms in total. The Morgan fingerprint density at radius 2 is 1.76 bits per heavy atom. The van der Waals surface area contributed by atoms with Crippen LogP contribution in [0.25, 0.3) is 11.1 Å². The quantitative estimate of drug-likeness (QED) is 0.365. The first-order valence-electron chi connectivity index (χ1n) is 12.7. The van der Waals surface area contributed by atoms with Crippen LogP contribution in [0.3, 0.4) is 0 Å². The van der Waals surface area contributed by atoms with Crippen molar-refractivity contribution in [2.45, 2.75) is 51.1 Å². The number of hydrogen-bond donors (Lipinski definition) is 2. The van der Waals surface area contributed by atoms with Crippen LogP contribution in [0.4, 0.5) is 13.2 Å². The molecule has 3 atom stereocenters. The molecule has 2 heterocycles. The van der Waals surface area contributed by atoms with Crippen LogP contribution in [0.2, 0.25) is 0 Å². The Morgan fingerprint density at radius 3 is 2.42 bits per heavy atom. The van der Waals surface area contributed by atoms with E-state index in [0.29, 0.717) is 18.0 Å². The van der Waals surface area contributed by atoms with Crippen molar-refractivity contribution >= 4 is 11.1 Å². The minimum Gasteiger partial charge on any atom is -0.508 e. The zero-order chi connectivity index (χ0) is 27.0. The van der Waals surface area contributed by atoms with E-state index in [1.54, 1.807) is 60.7 Å². The highest BCUT2D eigenvalue weighted by Gasteiger charge is 2.46. The van der Waals surface area contributed by atoms with Crippen molar-refractivity contribution in [2.24, 2.45) is 0 Å². The maximum atomic E-state index is 13.8. The summed E-state index contributed by atoms with van der Waals surface area (Å²) in [5, 5.41) is 20.2. The third-order valence-corrected chi connectivity index (χ3v) is 7.41. The number of phenols is 2. The number of benzene rings is 3. The summed E-state index contributed by atoms with van der Waals surface area (Å²) in [6.07, 6.45) is -3.42. The summed E-state index contributed by atoms with van der Waals surface area (Å²) in [4.78, 5) is 1.48. The van der Waals surface area contributed by atoms with E-state index in [0.717, 1.165) is 40.7 Å². The topological polar surface area (TPSA) is 62.2 Å². The van der Waals surface area contributed by atoms with E-state index < -0.39 is 24.9 Å². The third-order valence-electron chi connectivity index (χ3n) is 7.41. The molecule has 3 aromatic carbocycles. The molecule has 0 aromatic heterocycles. The minimum absolute atomic E-state index is 0.110. The molecule has 38 heavy (non-hydrogen) atoms. The van der Waals surface area contributed by atoms with Crippen LogP contribution in [0.1, 0.15) is 49.5 Å². The van der Waals surface area contributed by atoms with Gasteiger partial charge in [-0.15, -0.1) is 0 Å². The lowest BCUT2D eigenvalue weighted by atomic mass is 9.86. The summed E-state index contributed by atoms with van der Waals surface area (Å²) in [7, 11) is 0. The Labute approximate surface area is 219 Å². The largest absolute Gasteiger partial charge is 0.508 e. The van der Waals surface area contributed by atoms with Gasteiger partial charge in [-0.25, -0.2) is 0 Å². The summed E-state index contributed by atoms with van der Waals surface area (Å²) < 4.78 is 53.4. The summed E-state index contributed by atoms with van der Waals surface area (Å²) >= 11 is 0. The number of hydrogen-bond acceptors (Lipinski definition) is 5. The number of alkyl halides is 3. The minimum atomic E-state index is -4.38. The molecule has 2 aliphatic heterocycles. The van der Waals surface area contributed by atoms with E-state index in [4.69, 9.17) is 9.47 Å². The summed E-state index contributed by atoms with van der Waals surface area (Å²) in [6.45, 7) is 3.69. The van der Waals surface area contributed by atoms with Gasteiger partial charge in [-0.1, -0.05) is 24.3 Å². The number of ether oxygens (including phenoxy) is 2. The number of allylic oxidation sites excluding steroid dienone is 1. The summed E-state index contributed by atoms with van der Waals surface area (Å²) in [5.41, 5.74) is 3.97. The van der Waals surface area contributed by atoms with Crippen LogP contribution in [-0.2, 0) is 0 Å². The van der Waals surface area contributed by atoms with Gasteiger partial charge in [0, 0.05) is 17.2 Å². The molecule has 0 bridgehead atoms. The normalized spacial score (nSPS) is 20.7. The Hall–Kier alpha value is -3.65. The molecule has 3 aromatic rings. The molecule has 1 saturated heterocycles. The average Bonchev–Trinajstić information content (AvgIpc) is 3.29. The molecule has 8 heteroatoms. The third kappa shape index (κ3) is 5.18. The highest BCUT2D eigenvalue weighted by molar-refractivity contribution is 5.95. The summed E-state index contributed by atoms with van der Waals surface area (Å²) in [6, 6.07) is 16.8. The van der Waals surface area contributed by atoms with Crippen LogP contribution >= 0.6 is 0 Å². The number of likely N-dealkylation sites (tertiary alicyclic amines) is 1. The van der Waals surface area contributed by atoms with Crippen molar-refractivity contribution < 1.29 is 32.9 Å². The Balaban J connectivity index is 1.42. The monoisotopic (exact) mass is 525 g/mol. The molecule has 0 saturated carbocycles. The predicted molar refractivity (Wildman–Crippen MR) is 139 cm³/mol. The fourth-order valence-corrected chi connectivity index (χ4v) is 5.43. The van der Waals surface area contributed by atoms with Crippen LogP contribution in [-0.4, -0.2) is 46.5 Å². The summed E-state index contributed by atoms with van der Waals surface area (Å²) in [5.74, 6) is 1.17. The molecule has 2 N–H and O–H groups in total. The molecule has 5 rings (SSSR count). The van der Waals surface area contributed by atoms with Gasteiger partial charge in [0.15, 0.2) is 0 Å².